The molecule has 154 valence electrons. The zero-order valence-corrected chi connectivity index (χ0v) is 17.2. The molecule has 2 aromatic heterocycles. The largest absolute Gasteiger partial charge is 0.493 e. The minimum absolute atomic E-state index is 0.0163. The summed E-state index contributed by atoms with van der Waals surface area (Å²) >= 11 is 0. The normalized spacial score (nSPS) is 23.9. The van der Waals surface area contributed by atoms with Gasteiger partial charge in [0.1, 0.15) is 11.5 Å². The maximum absolute atomic E-state index is 12.7. The Morgan fingerprint density at radius 3 is 2.90 bits per heavy atom. The monoisotopic (exact) mass is 396 g/mol. The van der Waals surface area contributed by atoms with Gasteiger partial charge in [-0.3, -0.25) is 14.7 Å². The summed E-state index contributed by atoms with van der Waals surface area (Å²) in [7, 11) is 3.30. The van der Waals surface area contributed by atoms with Gasteiger partial charge in [0, 0.05) is 42.2 Å². The van der Waals surface area contributed by atoms with E-state index in [1.807, 2.05) is 6.07 Å². The third-order valence-electron chi connectivity index (χ3n) is 6.75. The number of aromatic nitrogens is 3. The number of nitrogens with one attached hydrogen (secondary N) is 1. The fraction of sp³-hybridized carbons (Fsp3) is 0.591. The van der Waals surface area contributed by atoms with Crippen LogP contribution < -0.4 is 15.0 Å². The molecule has 29 heavy (non-hydrogen) atoms. The Bertz CT molecular complexity index is 985. The van der Waals surface area contributed by atoms with Crippen LogP contribution in [-0.2, 0) is 18.4 Å². The highest BCUT2D eigenvalue weighted by Gasteiger charge is 2.45. The van der Waals surface area contributed by atoms with Crippen LogP contribution in [0.25, 0.3) is 0 Å². The molecule has 1 spiro atoms. The summed E-state index contributed by atoms with van der Waals surface area (Å²) in [6.07, 6.45) is 8.08. The van der Waals surface area contributed by atoms with Crippen LogP contribution in [0.2, 0.25) is 0 Å². The van der Waals surface area contributed by atoms with Crippen molar-refractivity contribution in [1.82, 2.24) is 19.9 Å². The molecule has 1 saturated carbocycles. The van der Waals surface area contributed by atoms with E-state index in [0.29, 0.717) is 24.0 Å². The highest BCUT2D eigenvalue weighted by molar-refractivity contribution is 5.42. The number of piperidine rings is 1. The van der Waals surface area contributed by atoms with Gasteiger partial charge >= 0.3 is 0 Å². The Labute approximate surface area is 170 Å². The number of pyridine rings is 1. The molecule has 0 radical (unpaired) electrons. The van der Waals surface area contributed by atoms with Crippen molar-refractivity contribution in [3.63, 3.8) is 0 Å². The second-order valence-corrected chi connectivity index (χ2v) is 8.64. The molecule has 2 aromatic rings. The molecule has 7 heteroatoms. The van der Waals surface area contributed by atoms with E-state index in [2.05, 4.69) is 14.9 Å². The lowest BCUT2D eigenvalue weighted by molar-refractivity contribution is 0.134. The Kier molecular flexibility index (Phi) is 4.57. The highest BCUT2D eigenvalue weighted by Crippen LogP contribution is 2.45. The summed E-state index contributed by atoms with van der Waals surface area (Å²) < 4.78 is 11.0. The van der Waals surface area contributed by atoms with Gasteiger partial charge in [-0.05, 0) is 45.1 Å². The van der Waals surface area contributed by atoms with E-state index >= 15 is 0 Å². The number of H-pyrrole nitrogens is 1. The fourth-order valence-electron chi connectivity index (χ4n) is 5.15. The van der Waals surface area contributed by atoms with Crippen LogP contribution in [0.1, 0.15) is 60.8 Å². The van der Waals surface area contributed by atoms with Gasteiger partial charge in [-0.1, -0.05) is 0 Å². The number of methoxy groups -OCH3 is 2. The predicted molar refractivity (Wildman–Crippen MR) is 109 cm³/mol. The van der Waals surface area contributed by atoms with Crippen molar-refractivity contribution in [1.29, 1.82) is 0 Å². The molecule has 0 aromatic carbocycles. The molecular formula is C22H28N4O3. The molecule has 3 heterocycles. The summed E-state index contributed by atoms with van der Waals surface area (Å²) in [5.74, 6) is 2.77. The van der Waals surface area contributed by atoms with E-state index in [1.54, 1.807) is 20.4 Å². The molecule has 2 aliphatic carbocycles. The average molecular weight is 396 g/mol. The first-order valence-corrected chi connectivity index (χ1v) is 10.6. The quantitative estimate of drug-likeness (QED) is 0.837. The van der Waals surface area contributed by atoms with Crippen molar-refractivity contribution in [3.8, 4) is 11.5 Å². The predicted octanol–water partition coefficient (Wildman–Crippen LogP) is 2.54. The van der Waals surface area contributed by atoms with E-state index in [-0.39, 0.29) is 11.0 Å². The van der Waals surface area contributed by atoms with Gasteiger partial charge in [0.05, 0.1) is 19.9 Å². The summed E-state index contributed by atoms with van der Waals surface area (Å²) in [6, 6.07) is 1.82. The van der Waals surface area contributed by atoms with Gasteiger partial charge in [-0.2, -0.15) is 0 Å². The van der Waals surface area contributed by atoms with Crippen molar-refractivity contribution < 1.29 is 9.47 Å². The van der Waals surface area contributed by atoms with Gasteiger partial charge in [0.15, 0.2) is 11.5 Å². The summed E-state index contributed by atoms with van der Waals surface area (Å²) in [5, 5.41) is 0. The minimum atomic E-state index is -0.0163. The average Bonchev–Trinajstić information content (AvgIpc) is 3.53. The van der Waals surface area contributed by atoms with Gasteiger partial charge in [0.2, 0.25) is 0 Å². The van der Waals surface area contributed by atoms with Crippen LogP contribution in [0.15, 0.2) is 17.1 Å². The molecule has 1 aliphatic heterocycles. The molecule has 1 unspecified atom stereocenters. The first-order valence-electron chi connectivity index (χ1n) is 10.6. The molecule has 1 atom stereocenters. The first kappa shape index (κ1) is 18.6. The number of hydrogen-bond acceptors (Lipinski definition) is 6. The van der Waals surface area contributed by atoms with Crippen LogP contribution in [0.3, 0.4) is 0 Å². The number of fused-ring (bicyclic) bond motifs is 2. The Morgan fingerprint density at radius 2 is 2.14 bits per heavy atom. The topological polar surface area (TPSA) is 80.3 Å². The third-order valence-corrected chi connectivity index (χ3v) is 6.75. The highest BCUT2D eigenvalue weighted by atomic mass is 16.5. The summed E-state index contributed by atoms with van der Waals surface area (Å²) in [6.45, 7) is 2.62. The van der Waals surface area contributed by atoms with E-state index in [9.17, 15) is 4.79 Å². The van der Waals surface area contributed by atoms with Crippen molar-refractivity contribution >= 4 is 0 Å². The SMILES string of the molecule is COc1ccnc(CN2CCCC3(CCc4c3nc(C3CC3)[nH]c4=O)C2)c1OC. The molecule has 0 amide bonds. The number of nitrogens with zero attached hydrogens (tertiary/aromatic N) is 3. The minimum Gasteiger partial charge on any atom is -0.493 e. The lowest BCUT2D eigenvalue weighted by Gasteiger charge is -2.40. The standard InChI is InChI=1S/C22H28N4O3/c1-28-17-7-10-23-16(18(17)29-2)12-26-11-3-8-22(13-26)9-6-15-19(22)24-20(14-4-5-14)25-21(15)27/h7,10,14H,3-6,8-9,11-13H2,1-2H3,(H,24,25,27). The molecule has 1 saturated heterocycles. The number of hydrogen-bond donors (Lipinski definition) is 1. The zero-order valence-electron chi connectivity index (χ0n) is 17.2. The maximum atomic E-state index is 12.7. The number of ether oxygens (including phenoxy) is 2. The number of rotatable bonds is 5. The Hall–Kier alpha value is -2.41. The Balaban J connectivity index is 1.44. The fourth-order valence-corrected chi connectivity index (χ4v) is 5.15. The maximum Gasteiger partial charge on any atom is 0.254 e. The van der Waals surface area contributed by atoms with Crippen LogP contribution in [0.5, 0.6) is 11.5 Å². The summed E-state index contributed by atoms with van der Waals surface area (Å²) in [5.41, 5.74) is 2.94. The smallest absolute Gasteiger partial charge is 0.254 e. The zero-order chi connectivity index (χ0) is 20.0. The second-order valence-electron chi connectivity index (χ2n) is 8.64. The van der Waals surface area contributed by atoms with Crippen molar-refractivity contribution in [2.24, 2.45) is 0 Å². The van der Waals surface area contributed by atoms with Crippen LogP contribution >= 0.6 is 0 Å². The molecule has 5 rings (SSSR count). The van der Waals surface area contributed by atoms with Gasteiger partial charge in [-0.15, -0.1) is 0 Å². The second kappa shape index (κ2) is 7.13. The van der Waals surface area contributed by atoms with Crippen molar-refractivity contribution in [2.45, 2.75) is 56.4 Å². The van der Waals surface area contributed by atoms with Crippen molar-refractivity contribution in [2.75, 3.05) is 27.3 Å². The van der Waals surface area contributed by atoms with E-state index in [0.717, 1.165) is 74.4 Å². The molecular weight excluding hydrogens is 368 g/mol. The molecule has 2 fully saturated rings. The third kappa shape index (κ3) is 3.21. The van der Waals surface area contributed by atoms with E-state index in [1.165, 1.54) is 0 Å². The van der Waals surface area contributed by atoms with Gasteiger partial charge in [0.25, 0.3) is 5.56 Å². The number of aromatic amines is 1. The molecule has 3 aliphatic rings. The Morgan fingerprint density at radius 1 is 1.28 bits per heavy atom. The number of likely N-dealkylation sites (tertiary alicyclic amines) is 1. The van der Waals surface area contributed by atoms with Gasteiger partial charge in [-0.25, -0.2) is 4.98 Å². The van der Waals surface area contributed by atoms with Crippen LogP contribution in [-0.4, -0.2) is 47.2 Å². The first-order chi connectivity index (χ1) is 14.1. The van der Waals surface area contributed by atoms with Crippen LogP contribution in [0, 0.1) is 0 Å². The van der Waals surface area contributed by atoms with E-state index < -0.39 is 0 Å². The lowest BCUT2D eigenvalue weighted by Crippen LogP contribution is -2.45. The molecule has 0 bridgehead atoms. The molecule has 1 N–H and O–H groups in total. The van der Waals surface area contributed by atoms with Crippen LogP contribution in [0.4, 0.5) is 0 Å². The molecule has 7 nitrogen and oxygen atoms in total. The van der Waals surface area contributed by atoms with E-state index in [4.69, 9.17) is 14.5 Å². The summed E-state index contributed by atoms with van der Waals surface area (Å²) in [4.78, 5) is 27.7. The van der Waals surface area contributed by atoms with Gasteiger partial charge < -0.3 is 14.5 Å². The lowest BCUT2D eigenvalue weighted by atomic mass is 9.77. The van der Waals surface area contributed by atoms with Crippen molar-refractivity contribution in [3.05, 3.63) is 45.4 Å².